The Morgan fingerprint density at radius 3 is 2.73 bits per heavy atom. The lowest BCUT2D eigenvalue weighted by Gasteiger charge is -2.45. The Morgan fingerprint density at radius 2 is 1.97 bits per heavy atom. The van der Waals surface area contributed by atoms with Gasteiger partial charge in [-0.2, -0.15) is 10.1 Å². The molecule has 0 saturated heterocycles. The van der Waals surface area contributed by atoms with E-state index < -0.39 is 0 Å². The minimum atomic E-state index is -0.169. The van der Waals surface area contributed by atoms with Crippen LogP contribution in [0.4, 0.5) is 11.8 Å². The molecular formula is C20H23N9O. The highest BCUT2D eigenvalue weighted by Crippen LogP contribution is 2.34. The zero-order chi connectivity index (χ0) is 20.9. The first kappa shape index (κ1) is 18.3. The van der Waals surface area contributed by atoms with E-state index in [4.69, 9.17) is 0 Å². The Bertz CT molecular complexity index is 1250. The summed E-state index contributed by atoms with van der Waals surface area (Å²) >= 11 is 0. The van der Waals surface area contributed by atoms with Crippen LogP contribution in [0.1, 0.15) is 26.7 Å². The average Bonchev–Trinajstić information content (AvgIpc) is 3.31. The third-order valence-corrected chi connectivity index (χ3v) is 5.49. The molecule has 1 amide bonds. The van der Waals surface area contributed by atoms with Crippen molar-refractivity contribution in [3.05, 3.63) is 36.8 Å². The molecule has 1 fully saturated rings. The van der Waals surface area contributed by atoms with Crippen molar-refractivity contribution in [2.45, 2.75) is 38.3 Å². The molecular weight excluding hydrogens is 382 g/mol. The summed E-state index contributed by atoms with van der Waals surface area (Å²) in [4.78, 5) is 20.7. The highest BCUT2D eigenvalue weighted by molar-refractivity contribution is 5.87. The standard InChI is InChI=1S/C20H23N9O/c1-12(30)26-20(2)10-13(11-20)23-19-25-18(21-3)17-14(5-8-29(17)27-19)15-6-9-28-16(24-15)4-7-22-28/h4-9,13H,10-11H2,1-3H3,(H,26,30)(H2,21,23,25,27). The molecule has 1 saturated carbocycles. The van der Waals surface area contributed by atoms with Crippen LogP contribution in [0.3, 0.4) is 0 Å². The molecule has 1 aliphatic rings. The molecule has 0 bridgehead atoms. The van der Waals surface area contributed by atoms with Crippen LogP contribution < -0.4 is 16.0 Å². The molecule has 10 heteroatoms. The molecule has 0 radical (unpaired) electrons. The summed E-state index contributed by atoms with van der Waals surface area (Å²) in [6.07, 6.45) is 7.17. The van der Waals surface area contributed by atoms with Gasteiger partial charge in [0.05, 0.1) is 11.9 Å². The van der Waals surface area contributed by atoms with Crippen LogP contribution in [0.15, 0.2) is 36.8 Å². The molecule has 0 spiro atoms. The summed E-state index contributed by atoms with van der Waals surface area (Å²) in [7, 11) is 1.84. The van der Waals surface area contributed by atoms with E-state index in [9.17, 15) is 4.79 Å². The van der Waals surface area contributed by atoms with Gasteiger partial charge in [-0.15, -0.1) is 5.10 Å². The molecule has 4 aromatic heterocycles. The maximum atomic E-state index is 11.3. The first-order chi connectivity index (χ1) is 14.4. The third kappa shape index (κ3) is 3.10. The van der Waals surface area contributed by atoms with Crippen molar-refractivity contribution in [2.24, 2.45) is 0 Å². The van der Waals surface area contributed by atoms with E-state index in [2.05, 4.69) is 43.0 Å². The second-order valence-electron chi connectivity index (χ2n) is 7.99. The van der Waals surface area contributed by atoms with E-state index in [1.54, 1.807) is 17.6 Å². The number of carbonyl (C=O) groups excluding carboxylic acids is 1. The SMILES string of the molecule is CNc1nc(NC2CC(C)(NC(C)=O)C2)nn2ccc(-c3ccn4nccc4n3)c12. The fourth-order valence-electron chi connectivity index (χ4n) is 4.27. The van der Waals surface area contributed by atoms with Crippen LogP contribution in [0.25, 0.3) is 22.4 Å². The van der Waals surface area contributed by atoms with E-state index in [1.165, 1.54) is 0 Å². The first-order valence-electron chi connectivity index (χ1n) is 9.87. The van der Waals surface area contributed by atoms with Crippen LogP contribution in [0.5, 0.6) is 0 Å². The van der Waals surface area contributed by atoms with E-state index in [1.807, 2.05) is 42.2 Å². The van der Waals surface area contributed by atoms with Crippen molar-refractivity contribution in [1.29, 1.82) is 0 Å². The Kier molecular flexibility index (Phi) is 4.09. The van der Waals surface area contributed by atoms with Crippen LogP contribution >= 0.6 is 0 Å². The quantitative estimate of drug-likeness (QED) is 0.465. The molecule has 10 nitrogen and oxygen atoms in total. The summed E-state index contributed by atoms with van der Waals surface area (Å²) in [5, 5.41) is 18.4. The summed E-state index contributed by atoms with van der Waals surface area (Å²) in [6, 6.07) is 6.00. The molecule has 1 aliphatic carbocycles. The molecule has 0 atom stereocenters. The smallest absolute Gasteiger partial charge is 0.243 e. The van der Waals surface area contributed by atoms with Gasteiger partial charge >= 0.3 is 0 Å². The lowest BCUT2D eigenvalue weighted by molar-refractivity contribution is -0.121. The van der Waals surface area contributed by atoms with Gasteiger partial charge < -0.3 is 16.0 Å². The minimum absolute atomic E-state index is 0.00585. The Hall–Kier alpha value is -3.69. The second-order valence-corrected chi connectivity index (χ2v) is 7.99. The zero-order valence-electron chi connectivity index (χ0n) is 17.0. The van der Waals surface area contributed by atoms with Crippen LogP contribution in [0, 0.1) is 0 Å². The number of rotatable bonds is 5. The normalized spacial score (nSPS) is 20.8. The fraction of sp³-hybridized carbons (Fsp3) is 0.350. The van der Waals surface area contributed by atoms with Gasteiger partial charge in [0.15, 0.2) is 11.5 Å². The topological polar surface area (TPSA) is 114 Å². The van der Waals surface area contributed by atoms with Crippen molar-refractivity contribution in [1.82, 2.24) is 34.5 Å². The monoisotopic (exact) mass is 405 g/mol. The number of carbonyl (C=O) groups is 1. The minimum Gasteiger partial charge on any atom is -0.371 e. The molecule has 4 aromatic rings. The summed E-state index contributed by atoms with van der Waals surface area (Å²) < 4.78 is 3.54. The molecule has 0 aliphatic heterocycles. The zero-order valence-corrected chi connectivity index (χ0v) is 17.0. The largest absolute Gasteiger partial charge is 0.371 e. The molecule has 4 heterocycles. The fourth-order valence-corrected chi connectivity index (χ4v) is 4.27. The number of anilines is 2. The number of hydrogen-bond acceptors (Lipinski definition) is 7. The summed E-state index contributed by atoms with van der Waals surface area (Å²) in [5.41, 5.74) is 3.24. The van der Waals surface area contributed by atoms with Gasteiger partial charge in [-0.3, -0.25) is 4.79 Å². The van der Waals surface area contributed by atoms with Crippen LogP contribution in [-0.4, -0.2) is 53.7 Å². The predicted octanol–water partition coefficient (Wildman–Crippen LogP) is 1.95. The Balaban J connectivity index is 1.44. The summed E-state index contributed by atoms with van der Waals surface area (Å²) in [6.45, 7) is 3.60. The molecule has 154 valence electrons. The second kappa shape index (κ2) is 6.68. The molecule has 3 N–H and O–H groups in total. The maximum Gasteiger partial charge on any atom is 0.243 e. The highest BCUT2D eigenvalue weighted by atomic mass is 16.1. The van der Waals surface area contributed by atoms with Crippen molar-refractivity contribution >= 4 is 28.8 Å². The van der Waals surface area contributed by atoms with Crippen LogP contribution in [0.2, 0.25) is 0 Å². The van der Waals surface area contributed by atoms with Gasteiger partial charge in [-0.25, -0.2) is 14.0 Å². The van der Waals surface area contributed by atoms with Gasteiger partial charge in [-0.1, -0.05) is 0 Å². The van der Waals surface area contributed by atoms with Crippen molar-refractivity contribution in [3.63, 3.8) is 0 Å². The van der Waals surface area contributed by atoms with Crippen molar-refractivity contribution in [3.8, 4) is 11.3 Å². The van der Waals surface area contributed by atoms with E-state index >= 15 is 0 Å². The van der Waals surface area contributed by atoms with Gasteiger partial charge in [0, 0.05) is 49.6 Å². The summed E-state index contributed by atoms with van der Waals surface area (Å²) in [5.74, 6) is 1.25. The van der Waals surface area contributed by atoms with E-state index in [0.717, 1.165) is 35.3 Å². The number of nitrogens with zero attached hydrogens (tertiary/aromatic N) is 6. The van der Waals surface area contributed by atoms with Gasteiger partial charge in [-0.05, 0) is 31.9 Å². The molecule has 0 aromatic carbocycles. The highest BCUT2D eigenvalue weighted by Gasteiger charge is 2.41. The van der Waals surface area contributed by atoms with Gasteiger partial charge in [0.2, 0.25) is 11.9 Å². The maximum absolute atomic E-state index is 11.3. The number of amides is 1. The first-order valence-corrected chi connectivity index (χ1v) is 9.87. The van der Waals surface area contributed by atoms with Gasteiger partial charge in [0.25, 0.3) is 0 Å². The third-order valence-electron chi connectivity index (χ3n) is 5.49. The van der Waals surface area contributed by atoms with Crippen molar-refractivity contribution < 1.29 is 4.79 Å². The van der Waals surface area contributed by atoms with Crippen molar-refractivity contribution in [2.75, 3.05) is 17.7 Å². The lowest BCUT2D eigenvalue weighted by atomic mass is 9.74. The predicted molar refractivity (Wildman–Crippen MR) is 113 cm³/mol. The van der Waals surface area contributed by atoms with E-state index in [-0.39, 0.29) is 17.5 Å². The number of nitrogens with one attached hydrogen (secondary N) is 3. The lowest BCUT2D eigenvalue weighted by Crippen LogP contribution is -2.59. The Morgan fingerprint density at radius 1 is 1.17 bits per heavy atom. The molecule has 30 heavy (non-hydrogen) atoms. The van der Waals surface area contributed by atoms with Crippen LogP contribution in [-0.2, 0) is 4.79 Å². The average molecular weight is 405 g/mol. The molecule has 5 rings (SSSR count). The van der Waals surface area contributed by atoms with E-state index in [0.29, 0.717) is 11.8 Å². The number of fused-ring (bicyclic) bond motifs is 2. The van der Waals surface area contributed by atoms with Gasteiger partial charge in [0.1, 0.15) is 5.52 Å². The Labute approximate surface area is 172 Å². The number of aromatic nitrogens is 6. The molecule has 0 unspecified atom stereocenters. The number of hydrogen-bond donors (Lipinski definition) is 3.